The molecule has 9 nitrogen and oxygen atoms in total. The summed E-state index contributed by atoms with van der Waals surface area (Å²) in [6.07, 6.45) is 4.09. The molecule has 0 heterocycles. The Hall–Kier alpha value is -4.83. The van der Waals surface area contributed by atoms with Gasteiger partial charge in [0.1, 0.15) is 24.1 Å². The Kier molecular flexibility index (Phi) is 11.7. The minimum atomic E-state index is -4.19. The number of carbonyl (C=O) groups excluding carboxylic acids is 2. The van der Waals surface area contributed by atoms with Gasteiger partial charge in [0.2, 0.25) is 11.8 Å². The monoisotopic (exact) mass is 669 g/mol. The summed E-state index contributed by atoms with van der Waals surface area (Å²) in [5.74, 6) is 0.405. The largest absolute Gasteiger partial charge is 0.497 e. The first-order valence-corrected chi connectivity index (χ1v) is 17.8. The summed E-state index contributed by atoms with van der Waals surface area (Å²) < 4.78 is 40.5. The number of nitrogens with zero attached hydrogens (tertiary/aromatic N) is 2. The highest BCUT2D eigenvalue weighted by Gasteiger charge is 2.35. The molecule has 2 amide bonds. The van der Waals surface area contributed by atoms with Gasteiger partial charge in [0.05, 0.1) is 24.3 Å². The van der Waals surface area contributed by atoms with Crippen LogP contribution in [0.15, 0.2) is 114 Å². The van der Waals surface area contributed by atoms with Crippen molar-refractivity contribution in [3.8, 4) is 11.5 Å². The summed E-state index contributed by atoms with van der Waals surface area (Å²) in [5.41, 5.74) is 1.92. The molecule has 0 saturated heterocycles. The predicted molar refractivity (Wildman–Crippen MR) is 186 cm³/mol. The highest BCUT2D eigenvalue weighted by molar-refractivity contribution is 7.92. The number of carbonyl (C=O) groups is 2. The van der Waals surface area contributed by atoms with E-state index in [9.17, 15) is 18.0 Å². The molecule has 252 valence electrons. The van der Waals surface area contributed by atoms with E-state index in [-0.39, 0.29) is 29.8 Å². The summed E-state index contributed by atoms with van der Waals surface area (Å²) >= 11 is 0. The van der Waals surface area contributed by atoms with Crippen LogP contribution in [0.2, 0.25) is 0 Å². The van der Waals surface area contributed by atoms with Crippen molar-refractivity contribution in [1.29, 1.82) is 0 Å². The zero-order chi connectivity index (χ0) is 33.9. The molecular formula is C38H43N3O6S. The van der Waals surface area contributed by atoms with Crippen molar-refractivity contribution in [3.05, 3.63) is 120 Å². The van der Waals surface area contributed by atoms with Gasteiger partial charge in [0, 0.05) is 19.0 Å². The third-order valence-electron chi connectivity index (χ3n) is 8.51. The maximum atomic E-state index is 14.7. The van der Waals surface area contributed by atoms with Crippen LogP contribution in [-0.4, -0.2) is 57.5 Å². The Morgan fingerprint density at radius 2 is 1.48 bits per heavy atom. The van der Waals surface area contributed by atoms with Crippen LogP contribution in [-0.2, 0) is 32.6 Å². The lowest BCUT2D eigenvalue weighted by atomic mass is 10.0. The smallest absolute Gasteiger partial charge is 0.264 e. The van der Waals surface area contributed by atoms with E-state index in [1.54, 1.807) is 49.6 Å². The van der Waals surface area contributed by atoms with Crippen molar-refractivity contribution in [2.45, 2.75) is 62.6 Å². The molecule has 0 spiro atoms. The first-order chi connectivity index (χ1) is 23.3. The Morgan fingerprint density at radius 1 is 0.833 bits per heavy atom. The lowest BCUT2D eigenvalue weighted by Crippen LogP contribution is -2.54. The lowest BCUT2D eigenvalue weighted by Gasteiger charge is -2.34. The number of amides is 2. The molecule has 48 heavy (non-hydrogen) atoms. The molecular weight excluding hydrogens is 627 g/mol. The second-order valence-corrected chi connectivity index (χ2v) is 13.7. The first-order valence-electron chi connectivity index (χ1n) is 16.4. The van der Waals surface area contributed by atoms with E-state index in [2.05, 4.69) is 5.32 Å². The van der Waals surface area contributed by atoms with E-state index >= 15 is 0 Å². The fourth-order valence-electron chi connectivity index (χ4n) is 6.01. The standard InChI is InChI=1S/C38H43N3O6S/c1-3-47-33-23-21-32(22-24-33)41(48(44,45)35-19-8-5-9-20-35)28-37(42)40(27-30-15-12-18-34(25-30)46-2)36(26-29-13-6-4-7-14-29)38(43)39-31-16-10-11-17-31/h4-9,12-15,18-25,31,36H,3,10-11,16-17,26-28H2,1-2H3,(H,39,43). The molecule has 4 aromatic carbocycles. The van der Waals surface area contributed by atoms with Crippen LogP contribution in [0.4, 0.5) is 5.69 Å². The summed E-state index contributed by atoms with van der Waals surface area (Å²) in [6, 6.07) is 30.6. The summed E-state index contributed by atoms with van der Waals surface area (Å²) in [5, 5.41) is 3.20. The summed E-state index contributed by atoms with van der Waals surface area (Å²) in [4.78, 5) is 30.4. The summed E-state index contributed by atoms with van der Waals surface area (Å²) in [7, 11) is -2.62. The van der Waals surface area contributed by atoms with Gasteiger partial charge in [0.25, 0.3) is 10.0 Å². The van der Waals surface area contributed by atoms with E-state index < -0.39 is 28.5 Å². The number of methoxy groups -OCH3 is 1. The van der Waals surface area contributed by atoms with E-state index in [0.717, 1.165) is 41.1 Å². The van der Waals surface area contributed by atoms with Crippen LogP contribution in [0.25, 0.3) is 0 Å². The molecule has 1 saturated carbocycles. The van der Waals surface area contributed by atoms with Crippen molar-refractivity contribution >= 4 is 27.5 Å². The highest BCUT2D eigenvalue weighted by atomic mass is 32.2. The van der Waals surface area contributed by atoms with Gasteiger partial charge in [-0.25, -0.2) is 8.42 Å². The van der Waals surface area contributed by atoms with Crippen LogP contribution in [0, 0.1) is 0 Å². The van der Waals surface area contributed by atoms with Gasteiger partial charge in [-0.1, -0.05) is 73.5 Å². The van der Waals surface area contributed by atoms with Gasteiger partial charge in [0.15, 0.2) is 0 Å². The highest BCUT2D eigenvalue weighted by Crippen LogP contribution is 2.28. The third-order valence-corrected chi connectivity index (χ3v) is 10.3. The molecule has 0 aromatic heterocycles. The average Bonchev–Trinajstić information content (AvgIpc) is 3.63. The number of sulfonamides is 1. The Bertz CT molecular complexity index is 1740. The van der Waals surface area contributed by atoms with E-state index in [1.807, 2.05) is 61.5 Å². The zero-order valence-corrected chi connectivity index (χ0v) is 28.3. The van der Waals surface area contributed by atoms with Crippen LogP contribution in [0.3, 0.4) is 0 Å². The molecule has 1 unspecified atom stereocenters. The number of ether oxygens (including phenoxy) is 2. The molecule has 10 heteroatoms. The topological polar surface area (TPSA) is 105 Å². The Morgan fingerprint density at radius 3 is 2.12 bits per heavy atom. The fourth-order valence-corrected chi connectivity index (χ4v) is 7.45. The molecule has 4 aromatic rings. The predicted octanol–water partition coefficient (Wildman–Crippen LogP) is 5.99. The molecule has 1 aliphatic carbocycles. The average molecular weight is 670 g/mol. The minimum absolute atomic E-state index is 0.0309. The van der Waals surface area contributed by atoms with Gasteiger partial charge in [-0.3, -0.25) is 13.9 Å². The van der Waals surface area contributed by atoms with Gasteiger partial charge in [-0.05, 0) is 79.4 Å². The SMILES string of the molecule is CCOc1ccc(N(CC(=O)N(Cc2cccc(OC)c2)C(Cc2ccccc2)C(=O)NC2CCCC2)S(=O)(=O)c2ccccc2)cc1. The van der Waals surface area contributed by atoms with Gasteiger partial charge in [-0.15, -0.1) is 0 Å². The maximum Gasteiger partial charge on any atom is 0.264 e. The molecule has 0 aliphatic heterocycles. The van der Waals surface area contributed by atoms with Crippen LogP contribution in [0.1, 0.15) is 43.7 Å². The Labute approximate surface area is 283 Å². The quantitative estimate of drug-likeness (QED) is 0.167. The minimum Gasteiger partial charge on any atom is -0.497 e. The molecule has 1 aliphatic rings. The fraction of sp³-hybridized carbons (Fsp3) is 0.316. The van der Waals surface area contributed by atoms with Crippen molar-refractivity contribution < 1.29 is 27.5 Å². The molecule has 0 radical (unpaired) electrons. The first kappa shape index (κ1) is 34.5. The number of benzene rings is 4. The number of nitrogens with one attached hydrogen (secondary N) is 1. The maximum absolute atomic E-state index is 14.7. The normalized spacial score (nSPS) is 13.8. The number of hydrogen-bond donors (Lipinski definition) is 1. The van der Waals surface area contributed by atoms with E-state index in [0.29, 0.717) is 23.8 Å². The molecule has 1 N–H and O–H groups in total. The number of anilines is 1. The van der Waals surface area contributed by atoms with Gasteiger partial charge < -0.3 is 19.7 Å². The van der Waals surface area contributed by atoms with Crippen molar-refractivity contribution in [2.75, 3.05) is 24.6 Å². The Balaban J connectivity index is 1.56. The zero-order valence-electron chi connectivity index (χ0n) is 27.5. The molecule has 0 bridgehead atoms. The van der Waals surface area contributed by atoms with Crippen LogP contribution < -0.4 is 19.1 Å². The number of rotatable bonds is 15. The second-order valence-electron chi connectivity index (χ2n) is 11.8. The van der Waals surface area contributed by atoms with Crippen molar-refractivity contribution in [2.24, 2.45) is 0 Å². The molecule has 5 rings (SSSR count). The lowest BCUT2D eigenvalue weighted by molar-refractivity contribution is -0.140. The van der Waals surface area contributed by atoms with Crippen molar-refractivity contribution in [1.82, 2.24) is 10.2 Å². The van der Waals surface area contributed by atoms with Gasteiger partial charge >= 0.3 is 0 Å². The van der Waals surface area contributed by atoms with E-state index in [4.69, 9.17) is 9.47 Å². The van der Waals surface area contributed by atoms with Crippen LogP contribution in [0.5, 0.6) is 11.5 Å². The van der Waals surface area contributed by atoms with E-state index in [1.165, 1.54) is 17.0 Å². The van der Waals surface area contributed by atoms with Gasteiger partial charge in [-0.2, -0.15) is 0 Å². The molecule has 1 fully saturated rings. The number of hydrogen-bond acceptors (Lipinski definition) is 6. The van der Waals surface area contributed by atoms with Crippen LogP contribution >= 0.6 is 0 Å². The third kappa shape index (κ3) is 8.74. The summed E-state index contributed by atoms with van der Waals surface area (Å²) in [6.45, 7) is 1.85. The van der Waals surface area contributed by atoms with Crippen molar-refractivity contribution in [3.63, 3.8) is 0 Å². The second kappa shape index (κ2) is 16.3. The molecule has 1 atom stereocenters.